The van der Waals surface area contributed by atoms with Gasteiger partial charge in [-0.1, -0.05) is 20.8 Å². The molecular formula is C12H23N3O2S. The van der Waals surface area contributed by atoms with E-state index in [9.17, 15) is 8.42 Å². The number of hydrogen-bond donors (Lipinski definition) is 1. The molecule has 6 heteroatoms. The minimum absolute atomic E-state index is 0.137. The lowest BCUT2D eigenvalue weighted by atomic mass is 10.2. The summed E-state index contributed by atoms with van der Waals surface area (Å²) in [5.74, 6) is 0.379. The van der Waals surface area contributed by atoms with Crippen molar-refractivity contribution in [2.45, 2.75) is 46.6 Å². The number of nitrogens with zero attached hydrogens (tertiary/aromatic N) is 2. The molecule has 0 atom stereocenters. The van der Waals surface area contributed by atoms with Gasteiger partial charge in [-0.05, 0) is 19.3 Å². The summed E-state index contributed by atoms with van der Waals surface area (Å²) in [6, 6.07) is 0. The number of anilines is 1. The van der Waals surface area contributed by atoms with Gasteiger partial charge in [0.25, 0.3) is 0 Å². The van der Waals surface area contributed by atoms with Gasteiger partial charge in [-0.15, -0.1) is 0 Å². The molecule has 0 aliphatic rings. The zero-order valence-electron chi connectivity index (χ0n) is 11.4. The van der Waals surface area contributed by atoms with Crippen LogP contribution in [0, 0.1) is 0 Å². The lowest BCUT2D eigenvalue weighted by Crippen LogP contribution is -2.18. The van der Waals surface area contributed by atoms with Crippen LogP contribution in [0.15, 0.2) is 0 Å². The van der Waals surface area contributed by atoms with E-state index in [0.29, 0.717) is 18.7 Å². The molecule has 0 spiro atoms. The first-order chi connectivity index (χ1) is 8.45. The average Bonchev–Trinajstić information content (AvgIpc) is 2.62. The SMILES string of the molecule is CCCS(=O)(=O)CCn1nc(CC)c(N)c1CC. The zero-order chi connectivity index (χ0) is 13.8. The van der Waals surface area contributed by atoms with Crippen LogP contribution in [0.3, 0.4) is 0 Å². The highest BCUT2D eigenvalue weighted by atomic mass is 32.2. The van der Waals surface area contributed by atoms with Crippen LogP contribution in [-0.4, -0.2) is 29.7 Å². The number of aromatic nitrogens is 2. The van der Waals surface area contributed by atoms with Crippen LogP contribution in [0.2, 0.25) is 0 Å². The highest BCUT2D eigenvalue weighted by molar-refractivity contribution is 7.91. The number of rotatable bonds is 7. The molecule has 0 saturated heterocycles. The molecular weight excluding hydrogens is 250 g/mol. The molecule has 5 nitrogen and oxygen atoms in total. The lowest BCUT2D eigenvalue weighted by Gasteiger charge is -2.06. The molecule has 0 fully saturated rings. The Morgan fingerprint density at radius 2 is 1.83 bits per heavy atom. The van der Waals surface area contributed by atoms with Crippen molar-refractivity contribution in [2.75, 3.05) is 17.2 Å². The molecule has 0 bridgehead atoms. The van der Waals surface area contributed by atoms with Crippen LogP contribution in [-0.2, 0) is 29.2 Å². The van der Waals surface area contributed by atoms with Crippen molar-refractivity contribution in [3.05, 3.63) is 11.4 Å². The molecule has 0 aromatic carbocycles. The smallest absolute Gasteiger partial charge is 0.152 e. The predicted molar refractivity (Wildman–Crippen MR) is 74.3 cm³/mol. The summed E-state index contributed by atoms with van der Waals surface area (Å²) >= 11 is 0. The van der Waals surface area contributed by atoms with E-state index in [-0.39, 0.29) is 11.5 Å². The number of hydrogen-bond acceptors (Lipinski definition) is 4. The van der Waals surface area contributed by atoms with Crippen molar-refractivity contribution in [3.63, 3.8) is 0 Å². The van der Waals surface area contributed by atoms with E-state index in [1.165, 1.54) is 0 Å². The fourth-order valence-electron chi connectivity index (χ4n) is 2.02. The molecule has 1 rings (SSSR count). The Morgan fingerprint density at radius 1 is 1.17 bits per heavy atom. The van der Waals surface area contributed by atoms with Crippen molar-refractivity contribution in [3.8, 4) is 0 Å². The minimum atomic E-state index is -2.97. The van der Waals surface area contributed by atoms with Gasteiger partial charge in [-0.25, -0.2) is 8.42 Å². The second kappa shape index (κ2) is 6.22. The Bertz CT molecular complexity index is 492. The van der Waals surface area contributed by atoms with Gasteiger partial charge >= 0.3 is 0 Å². The van der Waals surface area contributed by atoms with E-state index in [4.69, 9.17) is 5.73 Å². The summed E-state index contributed by atoms with van der Waals surface area (Å²) in [6.45, 7) is 6.27. The summed E-state index contributed by atoms with van der Waals surface area (Å²) < 4.78 is 25.1. The van der Waals surface area contributed by atoms with E-state index in [1.54, 1.807) is 4.68 Å². The Morgan fingerprint density at radius 3 is 2.33 bits per heavy atom. The number of aryl methyl sites for hydroxylation is 2. The largest absolute Gasteiger partial charge is 0.396 e. The third kappa shape index (κ3) is 3.48. The van der Waals surface area contributed by atoms with Gasteiger partial charge in [0.2, 0.25) is 0 Å². The van der Waals surface area contributed by atoms with Crippen LogP contribution in [0.5, 0.6) is 0 Å². The first-order valence-electron chi connectivity index (χ1n) is 6.49. The summed E-state index contributed by atoms with van der Waals surface area (Å²) in [4.78, 5) is 0. The Kier molecular flexibility index (Phi) is 5.19. The molecule has 2 N–H and O–H groups in total. The molecule has 0 saturated carbocycles. The van der Waals surface area contributed by atoms with Gasteiger partial charge in [0, 0.05) is 5.75 Å². The monoisotopic (exact) mass is 273 g/mol. The molecule has 0 unspecified atom stereocenters. The van der Waals surface area contributed by atoms with Crippen LogP contribution in [0.4, 0.5) is 5.69 Å². The molecule has 1 heterocycles. The van der Waals surface area contributed by atoms with Crippen molar-refractivity contribution < 1.29 is 8.42 Å². The number of nitrogens with two attached hydrogens (primary N) is 1. The predicted octanol–water partition coefficient (Wildman–Crippen LogP) is 1.41. The third-order valence-corrected chi connectivity index (χ3v) is 4.81. The first kappa shape index (κ1) is 15.0. The summed E-state index contributed by atoms with van der Waals surface area (Å²) in [7, 11) is -2.97. The molecule has 0 radical (unpaired) electrons. The Labute approximate surface area is 109 Å². The van der Waals surface area contributed by atoms with Gasteiger partial charge in [-0.2, -0.15) is 5.10 Å². The third-order valence-electron chi connectivity index (χ3n) is 2.97. The second-order valence-corrected chi connectivity index (χ2v) is 6.69. The van der Waals surface area contributed by atoms with Gasteiger partial charge in [-0.3, -0.25) is 4.68 Å². The Hall–Kier alpha value is -1.04. The highest BCUT2D eigenvalue weighted by Crippen LogP contribution is 2.18. The number of sulfone groups is 1. The van der Waals surface area contributed by atoms with Crippen LogP contribution in [0.25, 0.3) is 0 Å². The van der Waals surface area contributed by atoms with Crippen molar-refractivity contribution in [1.29, 1.82) is 0 Å². The Balaban J connectivity index is 2.85. The fourth-order valence-corrected chi connectivity index (χ4v) is 3.30. The van der Waals surface area contributed by atoms with E-state index in [2.05, 4.69) is 5.10 Å². The van der Waals surface area contributed by atoms with Crippen molar-refractivity contribution in [2.24, 2.45) is 0 Å². The molecule has 104 valence electrons. The van der Waals surface area contributed by atoms with Gasteiger partial charge in [0.15, 0.2) is 9.84 Å². The maximum atomic E-state index is 11.7. The topological polar surface area (TPSA) is 78.0 Å². The minimum Gasteiger partial charge on any atom is -0.396 e. The summed E-state index contributed by atoms with van der Waals surface area (Å²) in [5, 5.41) is 4.39. The first-order valence-corrected chi connectivity index (χ1v) is 8.31. The average molecular weight is 273 g/mol. The molecule has 0 amide bonds. The maximum absolute atomic E-state index is 11.7. The molecule has 1 aromatic heterocycles. The van der Waals surface area contributed by atoms with E-state index < -0.39 is 9.84 Å². The quantitative estimate of drug-likeness (QED) is 0.815. The molecule has 0 aliphatic carbocycles. The van der Waals surface area contributed by atoms with Crippen LogP contribution >= 0.6 is 0 Å². The van der Waals surface area contributed by atoms with E-state index >= 15 is 0 Å². The maximum Gasteiger partial charge on any atom is 0.152 e. The fraction of sp³-hybridized carbons (Fsp3) is 0.750. The van der Waals surface area contributed by atoms with Gasteiger partial charge in [0.05, 0.1) is 29.4 Å². The van der Waals surface area contributed by atoms with Crippen molar-refractivity contribution in [1.82, 2.24) is 9.78 Å². The standard InChI is InChI=1S/C12H23N3O2S/c1-4-8-18(16,17)9-7-15-11(6-3)12(13)10(5-2)14-15/h4-9,13H2,1-3H3. The van der Waals surface area contributed by atoms with E-state index in [0.717, 1.165) is 24.2 Å². The lowest BCUT2D eigenvalue weighted by molar-refractivity contribution is 0.571. The van der Waals surface area contributed by atoms with Crippen LogP contribution in [0.1, 0.15) is 38.6 Å². The van der Waals surface area contributed by atoms with Crippen LogP contribution < -0.4 is 5.73 Å². The zero-order valence-corrected chi connectivity index (χ0v) is 12.3. The molecule has 0 aliphatic heterocycles. The highest BCUT2D eigenvalue weighted by Gasteiger charge is 2.15. The van der Waals surface area contributed by atoms with Gasteiger partial charge in [0.1, 0.15) is 0 Å². The molecule has 18 heavy (non-hydrogen) atoms. The normalized spacial score (nSPS) is 11.9. The number of nitrogen functional groups attached to an aromatic ring is 1. The second-order valence-electron chi connectivity index (χ2n) is 4.39. The molecule has 1 aromatic rings. The van der Waals surface area contributed by atoms with Crippen molar-refractivity contribution >= 4 is 15.5 Å². The van der Waals surface area contributed by atoms with Gasteiger partial charge < -0.3 is 5.73 Å². The summed E-state index contributed by atoms with van der Waals surface area (Å²) in [6.07, 6.45) is 2.20. The summed E-state index contributed by atoms with van der Waals surface area (Å²) in [5.41, 5.74) is 8.51. The van der Waals surface area contributed by atoms with E-state index in [1.807, 2.05) is 20.8 Å².